The van der Waals surface area contributed by atoms with Crippen LogP contribution in [0.3, 0.4) is 0 Å². The molecule has 1 heterocycles. The van der Waals surface area contributed by atoms with Gasteiger partial charge in [-0.25, -0.2) is 9.97 Å². The minimum absolute atomic E-state index is 0.250. The second-order valence-corrected chi connectivity index (χ2v) is 5.65. The summed E-state index contributed by atoms with van der Waals surface area (Å²) in [6.07, 6.45) is 1.33. The van der Waals surface area contributed by atoms with E-state index in [1.165, 1.54) is 6.33 Å². The fraction of sp³-hybridized carbons (Fsp3) is 0.105. The maximum atomic E-state index is 12.2. The molecular formula is C19H20N6O3. The molecule has 0 bridgehead atoms. The Labute approximate surface area is 161 Å². The number of benzene rings is 2. The van der Waals surface area contributed by atoms with E-state index >= 15 is 0 Å². The molecule has 1 aromatic heterocycles. The van der Waals surface area contributed by atoms with Gasteiger partial charge in [-0.3, -0.25) is 15.6 Å². The number of nitrogens with two attached hydrogens (primary N) is 1. The number of carbonyl (C=O) groups excluding carboxylic acids is 1. The Hall–Kier alpha value is -4.01. The van der Waals surface area contributed by atoms with Gasteiger partial charge in [0.25, 0.3) is 5.91 Å². The number of methoxy groups -OCH3 is 2. The number of aromatic nitrogens is 2. The van der Waals surface area contributed by atoms with Crippen LogP contribution in [0.5, 0.6) is 11.5 Å². The van der Waals surface area contributed by atoms with Crippen molar-refractivity contribution in [3.05, 3.63) is 60.4 Å². The van der Waals surface area contributed by atoms with Crippen LogP contribution in [0.2, 0.25) is 0 Å². The number of hydrazine groups is 1. The molecular weight excluding hydrogens is 360 g/mol. The quantitative estimate of drug-likeness (QED) is 0.461. The molecule has 0 aliphatic rings. The van der Waals surface area contributed by atoms with Gasteiger partial charge in [0.05, 0.1) is 14.2 Å². The number of nitrogens with zero attached hydrogens (tertiary/aromatic N) is 2. The summed E-state index contributed by atoms with van der Waals surface area (Å²) in [4.78, 5) is 20.4. The van der Waals surface area contributed by atoms with Crippen LogP contribution in [-0.2, 0) is 0 Å². The first kappa shape index (κ1) is 18.8. The van der Waals surface area contributed by atoms with E-state index in [9.17, 15) is 4.79 Å². The van der Waals surface area contributed by atoms with Gasteiger partial charge in [-0.2, -0.15) is 0 Å². The Morgan fingerprint density at radius 2 is 1.68 bits per heavy atom. The second kappa shape index (κ2) is 8.58. The number of nitrogen functional groups attached to an aromatic ring is 1. The second-order valence-electron chi connectivity index (χ2n) is 5.65. The molecule has 0 saturated heterocycles. The van der Waals surface area contributed by atoms with E-state index in [-0.39, 0.29) is 17.4 Å². The first-order valence-electron chi connectivity index (χ1n) is 8.32. The van der Waals surface area contributed by atoms with E-state index in [1.54, 1.807) is 44.6 Å². The van der Waals surface area contributed by atoms with Crippen molar-refractivity contribution in [2.75, 3.05) is 30.7 Å². The van der Waals surface area contributed by atoms with Crippen LogP contribution >= 0.6 is 0 Å². The van der Waals surface area contributed by atoms with Gasteiger partial charge in [0.1, 0.15) is 23.5 Å². The molecule has 3 rings (SSSR count). The highest BCUT2D eigenvalue weighted by molar-refractivity contribution is 5.95. The lowest BCUT2D eigenvalue weighted by molar-refractivity contribution is 0.0962. The van der Waals surface area contributed by atoms with E-state index in [1.807, 2.05) is 18.2 Å². The van der Waals surface area contributed by atoms with Crippen LogP contribution < -0.4 is 31.4 Å². The van der Waals surface area contributed by atoms with E-state index in [0.29, 0.717) is 22.9 Å². The van der Waals surface area contributed by atoms with Gasteiger partial charge in [-0.05, 0) is 36.4 Å². The molecule has 0 fully saturated rings. The molecule has 0 radical (unpaired) electrons. The van der Waals surface area contributed by atoms with Gasteiger partial charge in [0.2, 0.25) is 0 Å². The van der Waals surface area contributed by atoms with Crippen LogP contribution in [0.25, 0.3) is 0 Å². The molecule has 9 heteroatoms. The lowest BCUT2D eigenvalue weighted by Gasteiger charge is -2.13. The normalized spacial score (nSPS) is 10.1. The third-order valence-corrected chi connectivity index (χ3v) is 3.86. The summed E-state index contributed by atoms with van der Waals surface area (Å²) in [6, 6.07) is 14.0. The number of hydrogen-bond donors (Lipinski definition) is 4. The summed E-state index contributed by atoms with van der Waals surface area (Å²) in [5.41, 5.74) is 12.8. The van der Waals surface area contributed by atoms with Crippen molar-refractivity contribution in [3.63, 3.8) is 0 Å². The number of carbonyl (C=O) groups is 1. The van der Waals surface area contributed by atoms with Crippen molar-refractivity contribution in [1.82, 2.24) is 15.4 Å². The maximum absolute atomic E-state index is 12.2. The van der Waals surface area contributed by atoms with Gasteiger partial charge in [-0.15, -0.1) is 0 Å². The summed E-state index contributed by atoms with van der Waals surface area (Å²) >= 11 is 0. The van der Waals surface area contributed by atoms with Gasteiger partial charge in [-0.1, -0.05) is 6.07 Å². The molecule has 1 amide bonds. The Bertz CT molecular complexity index is 962. The average molecular weight is 380 g/mol. The molecule has 0 aliphatic carbocycles. The smallest absolute Gasteiger partial charge is 0.269 e. The van der Waals surface area contributed by atoms with Crippen molar-refractivity contribution < 1.29 is 14.3 Å². The monoisotopic (exact) mass is 380 g/mol. The van der Waals surface area contributed by atoms with Gasteiger partial charge in [0.15, 0.2) is 11.6 Å². The molecule has 144 valence electrons. The number of anilines is 4. The highest BCUT2D eigenvalue weighted by atomic mass is 16.5. The minimum atomic E-state index is -0.344. The zero-order valence-electron chi connectivity index (χ0n) is 15.4. The molecule has 9 nitrogen and oxygen atoms in total. The van der Waals surface area contributed by atoms with Crippen molar-refractivity contribution in [3.8, 4) is 11.5 Å². The van der Waals surface area contributed by atoms with Gasteiger partial charge in [0, 0.05) is 17.3 Å². The Kier molecular flexibility index (Phi) is 5.75. The number of amides is 1. The minimum Gasteiger partial charge on any atom is -0.497 e. The third-order valence-electron chi connectivity index (χ3n) is 3.86. The molecule has 0 unspecified atom stereocenters. The maximum Gasteiger partial charge on any atom is 0.269 e. The summed E-state index contributed by atoms with van der Waals surface area (Å²) in [5, 5.41) is 3.10. The summed E-state index contributed by atoms with van der Waals surface area (Å²) < 4.78 is 10.3. The largest absolute Gasteiger partial charge is 0.497 e. The Morgan fingerprint density at radius 3 is 2.39 bits per heavy atom. The summed E-state index contributed by atoms with van der Waals surface area (Å²) in [7, 11) is 3.15. The first-order chi connectivity index (χ1) is 13.6. The average Bonchev–Trinajstić information content (AvgIpc) is 2.74. The SMILES string of the molecule is COc1ccc(C(=O)NNc2ncnc(Nc3cccc(OC)c3)c2N)cc1. The zero-order chi connectivity index (χ0) is 19.9. The summed E-state index contributed by atoms with van der Waals surface area (Å²) in [6.45, 7) is 0. The van der Waals surface area contributed by atoms with E-state index in [4.69, 9.17) is 15.2 Å². The number of hydrogen-bond acceptors (Lipinski definition) is 8. The summed E-state index contributed by atoms with van der Waals surface area (Å²) in [5.74, 6) is 1.68. The van der Waals surface area contributed by atoms with E-state index in [2.05, 4.69) is 26.1 Å². The highest BCUT2D eigenvalue weighted by Crippen LogP contribution is 2.27. The van der Waals surface area contributed by atoms with Crippen molar-refractivity contribution in [1.29, 1.82) is 0 Å². The fourth-order valence-corrected chi connectivity index (χ4v) is 2.36. The molecule has 2 aromatic carbocycles. The molecule has 28 heavy (non-hydrogen) atoms. The Morgan fingerprint density at radius 1 is 0.964 bits per heavy atom. The lowest BCUT2D eigenvalue weighted by Crippen LogP contribution is -2.30. The molecule has 3 aromatic rings. The number of nitrogens with one attached hydrogen (secondary N) is 3. The van der Waals surface area contributed by atoms with Crippen molar-refractivity contribution in [2.45, 2.75) is 0 Å². The van der Waals surface area contributed by atoms with Gasteiger partial charge < -0.3 is 20.5 Å². The molecule has 5 N–H and O–H groups in total. The number of ether oxygens (including phenoxy) is 2. The first-order valence-corrected chi connectivity index (χ1v) is 8.32. The molecule has 0 saturated carbocycles. The van der Waals surface area contributed by atoms with Crippen LogP contribution in [0.15, 0.2) is 54.9 Å². The third kappa shape index (κ3) is 4.39. The number of rotatable bonds is 7. The fourth-order valence-electron chi connectivity index (χ4n) is 2.36. The standard InChI is InChI=1S/C19H20N6O3/c1-27-14-8-6-12(7-9-14)19(26)25-24-18-16(20)17(21-11-22-18)23-13-4-3-5-15(10-13)28-2/h3-11H,20H2,1-2H3,(H,25,26)(H2,21,22,23,24). The molecule has 0 spiro atoms. The van der Waals surface area contributed by atoms with Crippen LogP contribution in [0, 0.1) is 0 Å². The van der Waals surface area contributed by atoms with Crippen LogP contribution in [0.1, 0.15) is 10.4 Å². The highest BCUT2D eigenvalue weighted by Gasteiger charge is 2.11. The zero-order valence-corrected chi connectivity index (χ0v) is 15.4. The van der Waals surface area contributed by atoms with Crippen molar-refractivity contribution >= 4 is 28.9 Å². The predicted octanol–water partition coefficient (Wildman–Crippen LogP) is 2.58. The predicted molar refractivity (Wildman–Crippen MR) is 107 cm³/mol. The van der Waals surface area contributed by atoms with Crippen LogP contribution in [-0.4, -0.2) is 30.1 Å². The molecule has 0 aliphatic heterocycles. The van der Waals surface area contributed by atoms with E-state index in [0.717, 1.165) is 5.69 Å². The topological polar surface area (TPSA) is 123 Å². The van der Waals surface area contributed by atoms with Gasteiger partial charge >= 0.3 is 0 Å². The Balaban J connectivity index is 1.69. The lowest BCUT2D eigenvalue weighted by atomic mass is 10.2. The van der Waals surface area contributed by atoms with E-state index < -0.39 is 0 Å². The van der Waals surface area contributed by atoms with Crippen molar-refractivity contribution in [2.24, 2.45) is 0 Å². The van der Waals surface area contributed by atoms with Crippen LogP contribution in [0.4, 0.5) is 23.0 Å². The molecule has 0 atom stereocenters.